The lowest BCUT2D eigenvalue weighted by atomic mass is 9.98. The van der Waals surface area contributed by atoms with E-state index in [2.05, 4.69) is 6.92 Å². The van der Waals surface area contributed by atoms with Crippen molar-refractivity contribution in [3.05, 3.63) is 64.2 Å². The monoisotopic (exact) mass is 360 g/mol. The van der Waals surface area contributed by atoms with Crippen molar-refractivity contribution >= 4 is 5.78 Å². The van der Waals surface area contributed by atoms with E-state index in [-0.39, 0.29) is 23.8 Å². The number of rotatable bonds is 9. The maximum atomic E-state index is 14.2. The van der Waals surface area contributed by atoms with Crippen LogP contribution in [0.15, 0.2) is 30.3 Å². The van der Waals surface area contributed by atoms with E-state index in [1.165, 1.54) is 6.07 Å². The highest BCUT2D eigenvalue weighted by atomic mass is 19.1. The summed E-state index contributed by atoms with van der Waals surface area (Å²) in [5.41, 5.74) is 2.28. The Balaban J connectivity index is 1.98. The van der Waals surface area contributed by atoms with Gasteiger partial charge < -0.3 is 4.74 Å². The molecule has 0 amide bonds. The topological polar surface area (TPSA) is 26.3 Å². The third-order valence-corrected chi connectivity index (χ3v) is 4.46. The lowest BCUT2D eigenvalue weighted by Crippen LogP contribution is -2.06. The van der Waals surface area contributed by atoms with Crippen molar-refractivity contribution < 1.29 is 18.3 Å². The molecule has 0 saturated heterocycles. The Morgan fingerprint density at radius 2 is 1.85 bits per heavy atom. The van der Waals surface area contributed by atoms with Gasteiger partial charge in [-0.05, 0) is 68.0 Å². The van der Waals surface area contributed by atoms with Crippen LogP contribution >= 0.6 is 0 Å². The Bertz CT molecular complexity index is 769. The van der Waals surface area contributed by atoms with E-state index >= 15 is 0 Å². The van der Waals surface area contributed by atoms with Crippen molar-refractivity contribution in [3.63, 3.8) is 0 Å². The van der Waals surface area contributed by atoms with Crippen LogP contribution in [-0.2, 0) is 12.8 Å². The first kappa shape index (κ1) is 20.1. The van der Waals surface area contributed by atoms with Gasteiger partial charge in [-0.3, -0.25) is 4.79 Å². The van der Waals surface area contributed by atoms with Gasteiger partial charge in [0.1, 0.15) is 5.82 Å². The molecule has 0 saturated carbocycles. The second-order valence-electron chi connectivity index (χ2n) is 6.44. The van der Waals surface area contributed by atoms with Gasteiger partial charge in [0, 0.05) is 12.0 Å². The summed E-state index contributed by atoms with van der Waals surface area (Å²) < 4.78 is 33.5. The van der Waals surface area contributed by atoms with Crippen LogP contribution in [0.3, 0.4) is 0 Å². The maximum absolute atomic E-state index is 14.2. The number of ketones is 1. The van der Waals surface area contributed by atoms with Crippen LogP contribution in [0.1, 0.15) is 60.2 Å². The third-order valence-electron chi connectivity index (χ3n) is 4.46. The van der Waals surface area contributed by atoms with Gasteiger partial charge in [0.15, 0.2) is 17.3 Å². The minimum absolute atomic E-state index is 0.132. The number of carbonyl (C=O) groups is 1. The van der Waals surface area contributed by atoms with Gasteiger partial charge in [0.25, 0.3) is 0 Å². The SMILES string of the molecule is CCCc1ccc(CCCC(=O)c2ccc(OCC)c(F)c2C)c(F)c1. The molecule has 2 aromatic rings. The summed E-state index contributed by atoms with van der Waals surface area (Å²) in [6.45, 7) is 5.79. The molecule has 0 bridgehead atoms. The summed E-state index contributed by atoms with van der Waals surface area (Å²) in [5, 5.41) is 0. The highest BCUT2D eigenvalue weighted by molar-refractivity contribution is 5.97. The Morgan fingerprint density at radius 3 is 2.50 bits per heavy atom. The molecule has 0 N–H and O–H groups in total. The standard InChI is InChI=1S/C22H26F2O2/c1-4-7-16-10-11-17(19(23)14-16)8-6-9-20(25)18-12-13-21(26-5-2)22(24)15(18)3/h10-14H,4-9H2,1-3H3. The number of halogens is 2. The van der Waals surface area contributed by atoms with Crippen molar-refractivity contribution in [1.29, 1.82) is 0 Å². The third kappa shape index (κ3) is 4.90. The highest BCUT2D eigenvalue weighted by Crippen LogP contribution is 2.25. The molecule has 0 atom stereocenters. The first-order chi connectivity index (χ1) is 12.5. The first-order valence-electron chi connectivity index (χ1n) is 9.20. The van der Waals surface area contributed by atoms with Crippen LogP contribution in [0.2, 0.25) is 0 Å². The molecule has 140 valence electrons. The van der Waals surface area contributed by atoms with Crippen molar-refractivity contribution in [2.75, 3.05) is 6.61 Å². The number of benzene rings is 2. The van der Waals surface area contributed by atoms with Crippen molar-refractivity contribution in [2.45, 2.75) is 52.9 Å². The fraction of sp³-hybridized carbons (Fsp3) is 0.409. The molecule has 0 radical (unpaired) electrons. The Morgan fingerprint density at radius 1 is 1.08 bits per heavy atom. The van der Waals surface area contributed by atoms with Crippen LogP contribution in [0.25, 0.3) is 0 Å². The fourth-order valence-corrected chi connectivity index (χ4v) is 3.04. The van der Waals surface area contributed by atoms with E-state index in [1.54, 1.807) is 32.0 Å². The average Bonchev–Trinajstić information content (AvgIpc) is 2.61. The predicted octanol–water partition coefficient (Wildman–Crippen LogP) is 5.83. The summed E-state index contributed by atoms with van der Waals surface area (Å²) in [6.07, 6.45) is 3.10. The van der Waals surface area contributed by atoms with E-state index in [0.29, 0.717) is 36.1 Å². The zero-order valence-corrected chi connectivity index (χ0v) is 15.7. The zero-order chi connectivity index (χ0) is 19.1. The van der Waals surface area contributed by atoms with E-state index in [1.807, 2.05) is 6.07 Å². The van der Waals surface area contributed by atoms with Gasteiger partial charge in [-0.2, -0.15) is 0 Å². The predicted molar refractivity (Wildman–Crippen MR) is 100.0 cm³/mol. The van der Waals surface area contributed by atoms with E-state index in [0.717, 1.165) is 18.4 Å². The van der Waals surface area contributed by atoms with Crippen LogP contribution < -0.4 is 4.74 Å². The molecule has 0 fully saturated rings. The Labute approximate surface area is 154 Å². The van der Waals surface area contributed by atoms with Gasteiger partial charge in [0.05, 0.1) is 6.61 Å². The number of hydrogen-bond acceptors (Lipinski definition) is 2. The molecule has 0 aliphatic heterocycles. The van der Waals surface area contributed by atoms with E-state index in [4.69, 9.17) is 4.74 Å². The van der Waals surface area contributed by atoms with Crippen LogP contribution in [0.5, 0.6) is 5.75 Å². The molecule has 0 unspecified atom stereocenters. The van der Waals surface area contributed by atoms with E-state index in [9.17, 15) is 13.6 Å². The molecule has 0 aliphatic rings. The van der Waals surface area contributed by atoms with Gasteiger partial charge in [-0.15, -0.1) is 0 Å². The maximum Gasteiger partial charge on any atom is 0.168 e. The average molecular weight is 360 g/mol. The lowest BCUT2D eigenvalue weighted by Gasteiger charge is -2.11. The molecule has 4 heteroatoms. The molecule has 0 spiro atoms. The molecule has 0 heterocycles. The van der Waals surface area contributed by atoms with Crippen molar-refractivity contribution in [2.24, 2.45) is 0 Å². The quantitative estimate of drug-likeness (QED) is 0.526. The van der Waals surface area contributed by atoms with Gasteiger partial charge in [-0.1, -0.05) is 25.5 Å². The molecular formula is C22H26F2O2. The minimum Gasteiger partial charge on any atom is -0.491 e. The molecular weight excluding hydrogens is 334 g/mol. The van der Waals surface area contributed by atoms with Gasteiger partial charge >= 0.3 is 0 Å². The Kier molecular flexibility index (Phi) is 7.31. The molecule has 2 aromatic carbocycles. The molecule has 2 nitrogen and oxygen atoms in total. The summed E-state index contributed by atoms with van der Waals surface area (Å²) in [5.74, 6) is -0.676. The smallest absolute Gasteiger partial charge is 0.168 e. The first-order valence-corrected chi connectivity index (χ1v) is 9.20. The highest BCUT2D eigenvalue weighted by Gasteiger charge is 2.16. The Hall–Kier alpha value is -2.23. The lowest BCUT2D eigenvalue weighted by molar-refractivity contribution is 0.0979. The summed E-state index contributed by atoms with van der Waals surface area (Å²) in [6, 6.07) is 8.41. The number of Topliss-reactive ketones (excluding diaryl/α,β-unsaturated/α-hetero) is 1. The number of hydrogen-bond donors (Lipinski definition) is 0. The fourth-order valence-electron chi connectivity index (χ4n) is 3.04. The zero-order valence-electron chi connectivity index (χ0n) is 15.7. The number of ether oxygens (including phenoxy) is 1. The summed E-state index contributed by atoms with van der Waals surface area (Å²) >= 11 is 0. The summed E-state index contributed by atoms with van der Waals surface area (Å²) in [7, 11) is 0. The molecule has 0 aromatic heterocycles. The van der Waals surface area contributed by atoms with Crippen LogP contribution in [-0.4, -0.2) is 12.4 Å². The molecule has 0 aliphatic carbocycles. The van der Waals surface area contributed by atoms with Gasteiger partial charge in [0.2, 0.25) is 0 Å². The normalized spacial score (nSPS) is 10.8. The summed E-state index contributed by atoms with van der Waals surface area (Å²) in [4.78, 5) is 12.4. The van der Waals surface area contributed by atoms with Gasteiger partial charge in [-0.25, -0.2) is 8.78 Å². The molecule has 26 heavy (non-hydrogen) atoms. The number of carbonyl (C=O) groups excluding carboxylic acids is 1. The van der Waals surface area contributed by atoms with Crippen molar-refractivity contribution in [3.8, 4) is 5.75 Å². The largest absolute Gasteiger partial charge is 0.491 e. The van der Waals surface area contributed by atoms with Crippen LogP contribution in [0.4, 0.5) is 8.78 Å². The second kappa shape index (κ2) is 9.46. The second-order valence-corrected chi connectivity index (χ2v) is 6.44. The van der Waals surface area contributed by atoms with Crippen LogP contribution in [0, 0.1) is 18.6 Å². The molecule has 2 rings (SSSR count). The van der Waals surface area contributed by atoms with E-state index < -0.39 is 5.82 Å². The minimum atomic E-state index is -0.491. The number of aryl methyl sites for hydroxylation is 2. The van der Waals surface area contributed by atoms with Crippen molar-refractivity contribution in [1.82, 2.24) is 0 Å².